The third-order valence-electron chi connectivity index (χ3n) is 3.78. The summed E-state index contributed by atoms with van der Waals surface area (Å²) in [6.45, 7) is 2.16. The molecule has 2 unspecified atom stereocenters. The first-order valence-corrected chi connectivity index (χ1v) is 8.84. The van der Waals surface area contributed by atoms with E-state index in [1.165, 1.54) is 5.56 Å². The molecule has 2 aromatic carbocycles. The van der Waals surface area contributed by atoms with Crippen LogP contribution in [0.15, 0.2) is 46.9 Å². The maximum atomic E-state index is 12.2. The largest absolute Gasteiger partial charge is 0.488 e. The minimum atomic E-state index is -0.619. The van der Waals surface area contributed by atoms with Gasteiger partial charge in [0.05, 0.1) is 11.0 Å². The lowest BCUT2D eigenvalue weighted by molar-refractivity contribution is -0.127. The van der Waals surface area contributed by atoms with Crippen LogP contribution in [0.5, 0.6) is 11.5 Å². The Morgan fingerprint density at radius 1 is 1.42 bits per heavy atom. The second-order valence-corrected chi connectivity index (χ2v) is 6.92. The van der Waals surface area contributed by atoms with Gasteiger partial charge in [0.1, 0.15) is 17.6 Å². The SMILES string of the molecule is CC(Oc1ccc(Cl)cc1Br)C(=O)NCC1Cc2ccccc2O1. The standard InChI is InChI=1S/C18H17BrClNO3/c1-11(23-17-7-6-13(20)9-15(17)19)18(22)21-10-14-8-12-4-2-3-5-16(12)24-14/h2-7,9,11,14H,8,10H2,1H3,(H,21,22). The van der Waals surface area contributed by atoms with Gasteiger partial charge >= 0.3 is 0 Å². The Bertz CT molecular complexity index is 728. The highest BCUT2D eigenvalue weighted by atomic mass is 79.9. The first-order chi connectivity index (χ1) is 11.5. The van der Waals surface area contributed by atoms with Crippen LogP contribution in [0.3, 0.4) is 0 Å². The number of para-hydroxylation sites is 1. The van der Waals surface area contributed by atoms with Crippen LogP contribution in [-0.4, -0.2) is 24.7 Å². The van der Waals surface area contributed by atoms with E-state index < -0.39 is 6.10 Å². The van der Waals surface area contributed by atoms with Gasteiger partial charge in [0.2, 0.25) is 0 Å². The molecule has 0 bridgehead atoms. The maximum absolute atomic E-state index is 12.2. The van der Waals surface area contributed by atoms with E-state index in [9.17, 15) is 4.79 Å². The van der Waals surface area contributed by atoms with E-state index in [4.69, 9.17) is 21.1 Å². The molecular weight excluding hydrogens is 394 g/mol. The number of carbonyl (C=O) groups is 1. The lowest BCUT2D eigenvalue weighted by Gasteiger charge is -2.17. The summed E-state index contributed by atoms with van der Waals surface area (Å²) in [4.78, 5) is 12.2. The zero-order valence-electron chi connectivity index (χ0n) is 13.1. The van der Waals surface area contributed by atoms with Crippen molar-refractivity contribution in [2.75, 3.05) is 6.54 Å². The van der Waals surface area contributed by atoms with E-state index in [2.05, 4.69) is 21.2 Å². The summed E-state index contributed by atoms with van der Waals surface area (Å²) >= 11 is 9.27. The molecule has 0 aliphatic carbocycles. The molecule has 6 heteroatoms. The molecule has 0 spiro atoms. The van der Waals surface area contributed by atoms with Crippen LogP contribution in [0.25, 0.3) is 0 Å². The molecule has 0 saturated heterocycles. The van der Waals surface area contributed by atoms with Crippen molar-refractivity contribution in [1.29, 1.82) is 0 Å². The third-order valence-corrected chi connectivity index (χ3v) is 4.64. The number of amides is 1. The van der Waals surface area contributed by atoms with Crippen molar-refractivity contribution < 1.29 is 14.3 Å². The van der Waals surface area contributed by atoms with Gasteiger partial charge in [-0.05, 0) is 52.7 Å². The van der Waals surface area contributed by atoms with Crippen LogP contribution in [0, 0.1) is 0 Å². The lowest BCUT2D eigenvalue weighted by Crippen LogP contribution is -2.41. The number of nitrogens with one attached hydrogen (secondary N) is 1. The van der Waals surface area contributed by atoms with Gasteiger partial charge in [0.25, 0.3) is 5.91 Å². The van der Waals surface area contributed by atoms with E-state index in [0.717, 1.165) is 12.2 Å². The molecule has 4 nitrogen and oxygen atoms in total. The number of hydrogen-bond acceptors (Lipinski definition) is 3. The van der Waals surface area contributed by atoms with Gasteiger partial charge in [0, 0.05) is 11.4 Å². The molecule has 0 fully saturated rings. The molecule has 3 rings (SSSR count). The van der Waals surface area contributed by atoms with Crippen molar-refractivity contribution >= 4 is 33.4 Å². The van der Waals surface area contributed by atoms with Crippen LogP contribution < -0.4 is 14.8 Å². The molecule has 1 aliphatic rings. The predicted molar refractivity (Wildman–Crippen MR) is 96.8 cm³/mol. The molecule has 1 N–H and O–H groups in total. The van der Waals surface area contributed by atoms with Crippen LogP contribution in [0.1, 0.15) is 12.5 Å². The Hall–Kier alpha value is -1.72. The second kappa shape index (κ2) is 7.45. The van der Waals surface area contributed by atoms with Crippen molar-refractivity contribution in [3.8, 4) is 11.5 Å². The van der Waals surface area contributed by atoms with Gasteiger partial charge < -0.3 is 14.8 Å². The lowest BCUT2D eigenvalue weighted by atomic mass is 10.1. The third kappa shape index (κ3) is 4.02. The Labute approximate surface area is 154 Å². The van der Waals surface area contributed by atoms with Gasteiger partial charge in [-0.25, -0.2) is 0 Å². The number of carbonyl (C=O) groups excluding carboxylic acids is 1. The summed E-state index contributed by atoms with van der Waals surface area (Å²) in [6.07, 6.45) is 0.140. The normalized spacial score (nSPS) is 16.9. The molecule has 1 aliphatic heterocycles. The molecule has 0 saturated carbocycles. The Morgan fingerprint density at radius 2 is 2.21 bits per heavy atom. The van der Waals surface area contributed by atoms with E-state index in [-0.39, 0.29) is 12.0 Å². The summed E-state index contributed by atoms with van der Waals surface area (Å²) in [5.41, 5.74) is 1.17. The average Bonchev–Trinajstić information content (AvgIpc) is 2.98. The summed E-state index contributed by atoms with van der Waals surface area (Å²) in [5, 5.41) is 3.48. The number of rotatable bonds is 5. The molecule has 0 aromatic heterocycles. The molecule has 2 atom stereocenters. The highest BCUT2D eigenvalue weighted by molar-refractivity contribution is 9.10. The first-order valence-electron chi connectivity index (χ1n) is 7.67. The van der Waals surface area contributed by atoms with E-state index in [1.807, 2.05) is 24.3 Å². The number of halogens is 2. The Balaban J connectivity index is 1.50. The fraction of sp³-hybridized carbons (Fsp3) is 0.278. The number of benzene rings is 2. The van der Waals surface area contributed by atoms with Gasteiger partial charge in [0.15, 0.2) is 6.10 Å². The van der Waals surface area contributed by atoms with Crippen molar-refractivity contribution in [2.24, 2.45) is 0 Å². The van der Waals surface area contributed by atoms with Gasteiger partial charge in [-0.15, -0.1) is 0 Å². The van der Waals surface area contributed by atoms with Gasteiger partial charge in [-0.2, -0.15) is 0 Å². The van der Waals surface area contributed by atoms with E-state index >= 15 is 0 Å². The van der Waals surface area contributed by atoms with Crippen molar-refractivity contribution in [2.45, 2.75) is 25.6 Å². The summed E-state index contributed by atoms with van der Waals surface area (Å²) < 4.78 is 12.2. The van der Waals surface area contributed by atoms with Crippen LogP contribution in [-0.2, 0) is 11.2 Å². The van der Waals surface area contributed by atoms with E-state index in [1.54, 1.807) is 25.1 Å². The zero-order valence-corrected chi connectivity index (χ0v) is 15.4. The highest BCUT2D eigenvalue weighted by Gasteiger charge is 2.24. The van der Waals surface area contributed by atoms with Crippen LogP contribution >= 0.6 is 27.5 Å². The Morgan fingerprint density at radius 3 is 2.96 bits per heavy atom. The monoisotopic (exact) mass is 409 g/mol. The van der Waals surface area contributed by atoms with Crippen molar-refractivity contribution in [3.63, 3.8) is 0 Å². The first kappa shape index (κ1) is 17.1. The summed E-state index contributed by atoms with van der Waals surface area (Å²) in [6, 6.07) is 13.1. The Kier molecular flexibility index (Phi) is 5.31. The number of ether oxygens (including phenoxy) is 2. The minimum Gasteiger partial charge on any atom is -0.488 e. The minimum absolute atomic E-state index is 0.0409. The maximum Gasteiger partial charge on any atom is 0.260 e. The molecule has 0 radical (unpaired) electrons. The molecule has 1 heterocycles. The molecule has 2 aromatic rings. The fourth-order valence-electron chi connectivity index (χ4n) is 2.54. The number of hydrogen-bond donors (Lipinski definition) is 1. The second-order valence-electron chi connectivity index (χ2n) is 5.63. The van der Waals surface area contributed by atoms with Crippen molar-refractivity contribution in [3.05, 3.63) is 57.5 Å². The quantitative estimate of drug-likeness (QED) is 0.811. The molecule has 126 valence electrons. The molecule has 24 heavy (non-hydrogen) atoms. The van der Waals surface area contributed by atoms with Crippen LogP contribution in [0.4, 0.5) is 0 Å². The predicted octanol–water partition coefficient (Wildman–Crippen LogP) is 3.99. The summed E-state index contributed by atoms with van der Waals surface area (Å²) in [7, 11) is 0. The summed E-state index contributed by atoms with van der Waals surface area (Å²) in [5.74, 6) is 1.29. The van der Waals surface area contributed by atoms with Gasteiger partial charge in [-0.3, -0.25) is 4.79 Å². The zero-order chi connectivity index (χ0) is 17.1. The number of fused-ring (bicyclic) bond motifs is 1. The smallest absolute Gasteiger partial charge is 0.260 e. The fourth-order valence-corrected chi connectivity index (χ4v) is 3.32. The average molecular weight is 411 g/mol. The topological polar surface area (TPSA) is 47.6 Å². The van der Waals surface area contributed by atoms with E-state index in [0.29, 0.717) is 21.8 Å². The highest BCUT2D eigenvalue weighted by Crippen LogP contribution is 2.29. The van der Waals surface area contributed by atoms with Crippen LogP contribution in [0.2, 0.25) is 5.02 Å². The van der Waals surface area contributed by atoms with Crippen molar-refractivity contribution in [1.82, 2.24) is 5.32 Å². The molecular formula is C18H17BrClNO3. The van der Waals surface area contributed by atoms with Gasteiger partial charge in [-0.1, -0.05) is 29.8 Å². The molecule has 1 amide bonds.